The molecule has 0 atom stereocenters. The largest absolute Gasteiger partial charge is 0.494 e. The Morgan fingerprint density at radius 2 is 1.87 bits per heavy atom. The van der Waals surface area contributed by atoms with Crippen molar-refractivity contribution in [3.8, 4) is 5.75 Å². The summed E-state index contributed by atoms with van der Waals surface area (Å²) in [6.45, 7) is 6.11. The van der Waals surface area contributed by atoms with Crippen LogP contribution in [0.1, 0.15) is 27.1 Å². The van der Waals surface area contributed by atoms with Crippen LogP contribution in [0.5, 0.6) is 5.75 Å². The van der Waals surface area contributed by atoms with Crippen LogP contribution in [0.3, 0.4) is 0 Å². The highest BCUT2D eigenvalue weighted by Crippen LogP contribution is 2.41. The number of anilines is 1. The summed E-state index contributed by atoms with van der Waals surface area (Å²) in [4.78, 5) is 27.8. The summed E-state index contributed by atoms with van der Waals surface area (Å²) in [5.41, 5.74) is 2.28. The minimum atomic E-state index is -0.523. The SMILES string of the molecule is COC(=O)c1ccc(OCCCN2CC3(C2)CN(c2ccc(Br)cc2)C3)cc1C=O. The summed E-state index contributed by atoms with van der Waals surface area (Å²) in [7, 11) is 1.29. The summed E-state index contributed by atoms with van der Waals surface area (Å²) in [5.74, 6) is 0.0685. The normalized spacial score (nSPS) is 17.2. The van der Waals surface area contributed by atoms with Gasteiger partial charge in [-0.1, -0.05) is 15.9 Å². The van der Waals surface area contributed by atoms with Gasteiger partial charge in [-0.25, -0.2) is 4.79 Å². The average molecular weight is 473 g/mol. The van der Waals surface area contributed by atoms with Crippen molar-refractivity contribution >= 4 is 33.9 Å². The van der Waals surface area contributed by atoms with E-state index in [1.807, 2.05) is 0 Å². The monoisotopic (exact) mass is 472 g/mol. The van der Waals surface area contributed by atoms with Gasteiger partial charge in [-0.2, -0.15) is 0 Å². The van der Waals surface area contributed by atoms with Crippen LogP contribution in [0.2, 0.25) is 0 Å². The second-order valence-corrected chi connectivity index (χ2v) is 9.02. The van der Waals surface area contributed by atoms with Gasteiger partial charge in [0.15, 0.2) is 6.29 Å². The fourth-order valence-electron chi connectivity index (χ4n) is 4.36. The maximum atomic E-state index is 11.6. The van der Waals surface area contributed by atoms with Crippen LogP contribution in [-0.2, 0) is 4.74 Å². The molecule has 2 aromatic rings. The first kappa shape index (κ1) is 20.9. The highest BCUT2D eigenvalue weighted by Gasteiger charge is 2.51. The van der Waals surface area contributed by atoms with Crippen molar-refractivity contribution in [2.75, 3.05) is 51.3 Å². The van der Waals surface area contributed by atoms with Crippen LogP contribution in [0.25, 0.3) is 0 Å². The second kappa shape index (κ2) is 8.78. The van der Waals surface area contributed by atoms with Gasteiger partial charge in [0, 0.05) is 53.9 Å². The number of carbonyl (C=O) groups is 2. The van der Waals surface area contributed by atoms with Crippen LogP contribution in [0.15, 0.2) is 46.9 Å². The van der Waals surface area contributed by atoms with E-state index in [-0.39, 0.29) is 11.1 Å². The quantitative estimate of drug-likeness (QED) is 0.332. The topological polar surface area (TPSA) is 59.1 Å². The number of carbonyl (C=O) groups excluding carboxylic acids is 2. The summed E-state index contributed by atoms with van der Waals surface area (Å²) < 4.78 is 11.6. The summed E-state index contributed by atoms with van der Waals surface area (Å²) >= 11 is 3.48. The highest BCUT2D eigenvalue weighted by atomic mass is 79.9. The number of methoxy groups -OCH3 is 1. The summed E-state index contributed by atoms with van der Waals surface area (Å²) in [6, 6.07) is 13.4. The summed E-state index contributed by atoms with van der Waals surface area (Å²) in [6.07, 6.45) is 1.57. The van der Waals surface area contributed by atoms with Gasteiger partial charge in [-0.15, -0.1) is 0 Å². The Balaban J connectivity index is 1.16. The molecule has 158 valence electrons. The van der Waals surface area contributed by atoms with Gasteiger partial charge in [0.05, 0.1) is 19.3 Å². The van der Waals surface area contributed by atoms with Crippen molar-refractivity contribution in [3.63, 3.8) is 0 Å². The molecule has 2 fully saturated rings. The van der Waals surface area contributed by atoms with E-state index in [0.29, 0.717) is 24.1 Å². The Bertz CT molecular complexity index is 917. The van der Waals surface area contributed by atoms with Crippen LogP contribution in [0.4, 0.5) is 5.69 Å². The highest BCUT2D eigenvalue weighted by molar-refractivity contribution is 9.10. The average Bonchev–Trinajstić information content (AvgIpc) is 2.71. The van der Waals surface area contributed by atoms with E-state index in [9.17, 15) is 9.59 Å². The van der Waals surface area contributed by atoms with Crippen molar-refractivity contribution < 1.29 is 19.1 Å². The smallest absolute Gasteiger partial charge is 0.338 e. The number of esters is 1. The number of hydrogen-bond acceptors (Lipinski definition) is 6. The van der Waals surface area contributed by atoms with Gasteiger partial charge in [0.2, 0.25) is 0 Å². The zero-order chi connectivity index (χ0) is 21.1. The van der Waals surface area contributed by atoms with Gasteiger partial charge < -0.3 is 19.3 Å². The molecule has 6 nitrogen and oxygen atoms in total. The van der Waals surface area contributed by atoms with E-state index in [1.165, 1.54) is 12.8 Å². The van der Waals surface area contributed by atoms with Crippen molar-refractivity contribution in [2.45, 2.75) is 6.42 Å². The number of ether oxygens (including phenoxy) is 2. The molecule has 2 aliphatic heterocycles. The molecule has 0 N–H and O–H groups in total. The lowest BCUT2D eigenvalue weighted by Crippen LogP contribution is -2.72. The minimum absolute atomic E-state index is 0.253. The van der Waals surface area contributed by atoms with Crippen LogP contribution in [-0.4, -0.2) is 63.6 Å². The van der Waals surface area contributed by atoms with Crippen molar-refractivity contribution in [2.24, 2.45) is 5.41 Å². The Morgan fingerprint density at radius 3 is 2.53 bits per heavy atom. The van der Waals surface area contributed by atoms with Gasteiger partial charge in [0.1, 0.15) is 5.75 Å². The molecular formula is C23H25BrN2O4. The molecule has 0 saturated carbocycles. The zero-order valence-corrected chi connectivity index (χ0v) is 18.6. The molecule has 2 aromatic carbocycles. The molecule has 0 amide bonds. The lowest BCUT2D eigenvalue weighted by Gasteiger charge is -2.61. The van der Waals surface area contributed by atoms with Crippen molar-refractivity contribution in [1.82, 2.24) is 4.90 Å². The predicted molar refractivity (Wildman–Crippen MR) is 119 cm³/mol. The van der Waals surface area contributed by atoms with Crippen LogP contribution < -0.4 is 9.64 Å². The fourth-order valence-corrected chi connectivity index (χ4v) is 4.62. The van der Waals surface area contributed by atoms with Crippen LogP contribution in [0, 0.1) is 5.41 Å². The molecule has 2 aliphatic rings. The maximum Gasteiger partial charge on any atom is 0.338 e. The van der Waals surface area contributed by atoms with Crippen molar-refractivity contribution in [3.05, 3.63) is 58.1 Å². The van der Waals surface area contributed by atoms with E-state index in [2.05, 4.69) is 54.7 Å². The Kier molecular flexibility index (Phi) is 6.11. The van der Waals surface area contributed by atoms with E-state index in [4.69, 9.17) is 4.74 Å². The Morgan fingerprint density at radius 1 is 1.13 bits per heavy atom. The molecule has 30 heavy (non-hydrogen) atoms. The maximum absolute atomic E-state index is 11.6. The molecule has 7 heteroatoms. The summed E-state index contributed by atoms with van der Waals surface area (Å²) in [5, 5.41) is 0. The molecule has 2 heterocycles. The van der Waals surface area contributed by atoms with Gasteiger partial charge in [0.25, 0.3) is 0 Å². The Labute approximate surface area is 184 Å². The van der Waals surface area contributed by atoms with Crippen LogP contribution >= 0.6 is 15.9 Å². The number of aldehydes is 1. The molecule has 1 spiro atoms. The molecule has 0 radical (unpaired) electrons. The van der Waals surface area contributed by atoms with E-state index in [0.717, 1.165) is 43.6 Å². The minimum Gasteiger partial charge on any atom is -0.494 e. The van der Waals surface area contributed by atoms with E-state index in [1.54, 1.807) is 18.2 Å². The first-order valence-electron chi connectivity index (χ1n) is 10.1. The first-order valence-corrected chi connectivity index (χ1v) is 10.8. The molecule has 2 saturated heterocycles. The lowest BCUT2D eigenvalue weighted by molar-refractivity contribution is -0.0236. The third-order valence-corrected chi connectivity index (χ3v) is 6.33. The van der Waals surface area contributed by atoms with E-state index >= 15 is 0 Å². The fraction of sp³-hybridized carbons (Fsp3) is 0.391. The third kappa shape index (κ3) is 4.37. The number of halogens is 1. The number of rotatable bonds is 8. The van der Waals surface area contributed by atoms with Crippen molar-refractivity contribution in [1.29, 1.82) is 0 Å². The molecule has 0 bridgehead atoms. The molecular weight excluding hydrogens is 448 g/mol. The van der Waals surface area contributed by atoms with Gasteiger partial charge >= 0.3 is 5.97 Å². The lowest BCUT2D eigenvalue weighted by atomic mass is 9.72. The predicted octanol–water partition coefficient (Wildman–Crippen LogP) is 3.64. The molecule has 0 aromatic heterocycles. The molecule has 0 unspecified atom stereocenters. The number of hydrogen-bond donors (Lipinski definition) is 0. The third-order valence-electron chi connectivity index (χ3n) is 5.81. The standard InChI is InChI=1S/C23H25BrN2O4/c1-29-22(28)21-8-7-20(11-17(21)12-27)30-10-2-9-25-13-23(14-25)15-26(16-23)19-5-3-18(24)4-6-19/h3-8,11-12H,2,9-10,13-16H2,1H3. The van der Waals surface area contributed by atoms with Gasteiger partial charge in [-0.3, -0.25) is 4.79 Å². The number of benzene rings is 2. The van der Waals surface area contributed by atoms with Gasteiger partial charge in [-0.05, 0) is 48.9 Å². The molecule has 0 aliphatic carbocycles. The molecule has 4 rings (SSSR count). The number of nitrogens with zero attached hydrogens (tertiary/aromatic N) is 2. The Hall–Kier alpha value is -2.38. The number of likely N-dealkylation sites (tertiary alicyclic amines) is 1. The van der Waals surface area contributed by atoms with E-state index < -0.39 is 5.97 Å². The first-order chi connectivity index (χ1) is 14.5. The second-order valence-electron chi connectivity index (χ2n) is 8.10. The zero-order valence-electron chi connectivity index (χ0n) is 17.0.